The number of aromatic nitrogens is 4. The zero-order chi connectivity index (χ0) is 21.2. The van der Waals surface area contributed by atoms with Gasteiger partial charge in [-0.1, -0.05) is 36.4 Å². The SMILES string of the molecule is O=[N+]([O-])c1ncccc1Oc1nc(-c2ccccn2)nc2scc(-c3ccccc3)c12. The van der Waals surface area contributed by atoms with E-state index >= 15 is 0 Å². The summed E-state index contributed by atoms with van der Waals surface area (Å²) in [6.45, 7) is 0. The summed E-state index contributed by atoms with van der Waals surface area (Å²) < 4.78 is 5.99. The average Bonchev–Trinajstić information content (AvgIpc) is 3.25. The van der Waals surface area contributed by atoms with Crippen molar-refractivity contribution in [3.63, 3.8) is 0 Å². The second-order valence-electron chi connectivity index (χ2n) is 6.45. The molecule has 0 amide bonds. The molecule has 9 heteroatoms. The Bertz CT molecular complexity index is 1390. The first kappa shape index (κ1) is 18.8. The normalized spacial score (nSPS) is 10.8. The molecule has 4 heterocycles. The van der Waals surface area contributed by atoms with Crippen molar-refractivity contribution in [1.82, 2.24) is 19.9 Å². The van der Waals surface area contributed by atoms with Gasteiger partial charge >= 0.3 is 5.82 Å². The maximum absolute atomic E-state index is 11.4. The number of fused-ring (bicyclic) bond motifs is 1. The van der Waals surface area contributed by atoms with E-state index in [0.29, 0.717) is 21.7 Å². The summed E-state index contributed by atoms with van der Waals surface area (Å²) in [7, 11) is 0. The molecule has 5 aromatic rings. The van der Waals surface area contributed by atoms with Crippen molar-refractivity contribution in [2.75, 3.05) is 0 Å². The molecule has 5 rings (SSSR count). The number of ether oxygens (including phenoxy) is 1. The quantitative estimate of drug-likeness (QED) is 0.269. The fourth-order valence-corrected chi connectivity index (χ4v) is 4.06. The summed E-state index contributed by atoms with van der Waals surface area (Å²) in [5.74, 6) is 0.202. The smallest absolute Gasteiger partial charge is 0.406 e. The number of nitrogens with zero attached hydrogens (tertiary/aromatic N) is 5. The zero-order valence-electron chi connectivity index (χ0n) is 15.9. The van der Waals surface area contributed by atoms with Crippen LogP contribution in [-0.2, 0) is 0 Å². The maximum atomic E-state index is 11.4. The Morgan fingerprint density at radius 2 is 1.71 bits per heavy atom. The number of benzene rings is 1. The van der Waals surface area contributed by atoms with E-state index in [2.05, 4.69) is 19.9 Å². The third-order valence-corrected chi connectivity index (χ3v) is 5.38. The van der Waals surface area contributed by atoms with Crippen LogP contribution in [0.5, 0.6) is 11.6 Å². The molecule has 4 aromatic heterocycles. The largest absolute Gasteiger partial charge is 0.429 e. The van der Waals surface area contributed by atoms with Crippen molar-refractivity contribution >= 4 is 27.4 Å². The average molecular weight is 427 g/mol. The van der Waals surface area contributed by atoms with Gasteiger partial charge in [0.25, 0.3) is 0 Å². The van der Waals surface area contributed by atoms with Crippen LogP contribution in [0.4, 0.5) is 5.82 Å². The second kappa shape index (κ2) is 7.88. The molecule has 150 valence electrons. The molecule has 0 spiro atoms. The second-order valence-corrected chi connectivity index (χ2v) is 7.31. The van der Waals surface area contributed by atoms with Crippen LogP contribution in [0.25, 0.3) is 32.9 Å². The number of thiophene rings is 1. The van der Waals surface area contributed by atoms with E-state index in [9.17, 15) is 10.1 Å². The summed E-state index contributed by atoms with van der Waals surface area (Å²) in [6.07, 6.45) is 3.00. The fourth-order valence-electron chi connectivity index (χ4n) is 3.13. The van der Waals surface area contributed by atoms with Crippen LogP contribution in [0.1, 0.15) is 0 Å². The molecule has 0 unspecified atom stereocenters. The molecular weight excluding hydrogens is 414 g/mol. The molecule has 31 heavy (non-hydrogen) atoms. The maximum Gasteiger partial charge on any atom is 0.406 e. The van der Waals surface area contributed by atoms with Gasteiger partial charge in [-0.25, -0.2) is 4.98 Å². The summed E-state index contributed by atoms with van der Waals surface area (Å²) in [5.41, 5.74) is 2.42. The van der Waals surface area contributed by atoms with Gasteiger partial charge in [-0.15, -0.1) is 11.3 Å². The summed E-state index contributed by atoms with van der Waals surface area (Å²) in [4.78, 5) is 28.9. The van der Waals surface area contributed by atoms with E-state index in [1.807, 2.05) is 41.8 Å². The zero-order valence-corrected chi connectivity index (χ0v) is 16.7. The monoisotopic (exact) mass is 427 g/mol. The Morgan fingerprint density at radius 1 is 0.903 bits per heavy atom. The third kappa shape index (κ3) is 3.58. The third-order valence-electron chi connectivity index (χ3n) is 4.51. The first-order valence-electron chi connectivity index (χ1n) is 9.24. The molecule has 1 aromatic carbocycles. The van der Waals surface area contributed by atoms with E-state index in [1.54, 1.807) is 24.4 Å². The number of hydrogen-bond acceptors (Lipinski definition) is 8. The highest BCUT2D eigenvalue weighted by Gasteiger charge is 2.22. The topological polar surface area (TPSA) is 104 Å². The summed E-state index contributed by atoms with van der Waals surface area (Å²) >= 11 is 1.44. The Labute approximate surface area is 180 Å². The molecule has 0 saturated heterocycles. The molecule has 0 aliphatic heterocycles. The number of nitro groups is 1. The lowest BCUT2D eigenvalue weighted by atomic mass is 10.1. The van der Waals surface area contributed by atoms with Crippen molar-refractivity contribution < 1.29 is 9.66 Å². The molecule has 0 atom stereocenters. The van der Waals surface area contributed by atoms with Crippen molar-refractivity contribution in [2.45, 2.75) is 0 Å². The Morgan fingerprint density at radius 3 is 2.48 bits per heavy atom. The van der Waals surface area contributed by atoms with Crippen molar-refractivity contribution in [1.29, 1.82) is 0 Å². The predicted octanol–water partition coefficient (Wildman–Crippen LogP) is 5.52. The van der Waals surface area contributed by atoms with Gasteiger partial charge in [0.15, 0.2) is 5.82 Å². The minimum absolute atomic E-state index is 0.00434. The fraction of sp³-hybridized carbons (Fsp3) is 0. The van der Waals surface area contributed by atoms with Gasteiger partial charge in [0.1, 0.15) is 16.7 Å². The lowest BCUT2D eigenvalue weighted by molar-refractivity contribution is -0.390. The minimum Gasteiger partial charge on any atom is -0.429 e. The summed E-state index contributed by atoms with van der Waals surface area (Å²) in [6, 6.07) is 18.3. The Kier molecular flexibility index (Phi) is 4.77. The highest BCUT2D eigenvalue weighted by molar-refractivity contribution is 7.17. The molecule has 0 bridgehead atoms. The number of pyridine rings is 2. The van der Waals surface area contributed by atoms with Crippen LogP contribution in [0.15, 0.2) is 78.4 Å². The van der Waals surface area contributed by atoms with Gasteiger partial charge in [0.2, 0.25) is 11.6 Å². The van der Waals surface area contributed by atoms with E-state index in [1.165, 1.54) is 23.6 Å². The molecule has 0 aliphatic rings. The first-order valence-corrected chi connectivity index (χ1v) is 10.1. The number of rotatable bonds is 5. The van der Waals surface area contributed by atoms with Gasteiger partial charge in [0, 0.05) is 17.1 Å². The standard InChI is InChI=1S/C22H13N5O3S/c28-27(29)20-17(10-6-12-24-20)30-21-18-15(14-7-2-1-3-8-14)13-31-22(18)26-19(25-21)16-9-4-5-11-23-16/h1-13H. The van der Waals surface area contributed by atoms with Crippen molar-refractivity contribution in [2.24, 2.45) is 0 Å². The van der Waals surface area contributed by atoms with Crippen molar-refractivity contribution in [3.05, 3.63) is 88.6 Å². The molecule has 0 N–H and O–H groups in total. The van der Waals surface area contributed by atoms with Gasteiger partial charge in [0.05, 0.1) is 5.39 Å². The molecule has 0 saturated carbocycles. The van der Waals surface area contributed by atoms with Gasteiger partial charge in [-0.05, 0) is 39.7 Å². The Hall–Kier alpha value is -4.24. The molecular formula is C22H13N5O3S. The van der Waals surface area contributed by atoms with Crippen LogP contribution in [-0.4, -0.2) is 24.9 Å². The predicted molar refractivity (Wildman–Crippen MR) is 117 cm³/mol. The van der Waals surface area contributed by atoms with Crippen molar-refractivity contribution in [3.8, 4) is 34.3 Å². The molecule has 0 aliphatic carbocycles. The summed E-state index contributed by atoms with van der Waals surface area (Å²) in [5, 5.41) is 14.1. The Balaban J connectivity index is 1.74. The first-order chi connectivity index (χ1) is 15.2. The lowest BCUT2D eigenvalue weighted by Gasteiger charge is -2.09. The van der Waals surface area contributed by atoms with Gasteiger partial charge in [-0.2, -0.15) is 4.98 Å². The highest BCUT2D eigenvalue weighted by Crippen LogP contribution is 2.41. The van der Waals surface area contributed by atoms with Crippen LogP contribution in [0.3, 0.4) is 0 Å². The highest BCUT2D eigenvalue weighted by atomic mass is 32.1. The molecule has 8 nitrogen and oxygen atoms in total. The van der Waals surface area contributed by atoms with Crippen LogP contribution in [0.2, 0.25) is 0 Å². The minimum atomic E-state index is -0.584. The molecule has 0 fully saturated rings. The van der Waals surface area contributed by atoms with E-state index in [-0.39, 0.29) is 17.4 Å². The van der Waals surface area contributed by atoms with Crippen LogP contribution in [0, 0.1) is 10.1 Å². The molecule has 0 radical (unpaired) electrons. The lowest BCUT2D eigenvalue weighted by Crippen LogP contribution is -1.99. The van der Waals surface area contributed by atoms with Crippen LogP contribution >= 0.6 is 11.3 Å². The van der Waals surface area contributed by atoms with Crippen LogP contribution < -0.4 is 4.74 Å². The number of hydrogen-bond donors (Lipinski definition) is 0. The van der Waals surface area contributed by atoms with E-state index < -0.39 is 4.92 Å². The van der Waals surface area contributed by atoms with E-state index in [0.717, 1.165) is 11.1 Å². The van der Waals surface area contributed by atoms with Gasteiger partial charge in [-0.3, -0.25) is 4.98 Å². The van der Waals surface area contributed by atoms with Gasteiger partial charge < -0.3 is 14.9 Å². The van der Waals surface area contributed by atoms with E-state index in [4.69, 9.17) is 4.74 Å².